The zero-order chi connectivity index (χ0) is 16.4. The number of carbonyl (C=O) groups is 1. The molecule has 0 spiro atoms. The van der Waals surface area contributed by atoms with Crippen molar-refractivity contribution < 1.29 is 9.53 Å². The third-order valence-corrected chi connectivity index (χ3v) is 3.72. The van der Waals surface area contributed by atoms with E-state index in [0.717, 1.165) is 10.8 Å². The van der Waals surface area contributed by atoms with Crippen LogP contribution in [0, 0.1) is 22.7 Å². The summed E-state index contributed by atoms with van der Waals surface area (Å²) in [6.07, 6.45) is 0. The fourth-order valence-corrected chi connectivity index (χ4v) is 2.84. The second-order valence-corrected chi connectivity index (χ2v) is 5.12. The van der Waals surface area contributed by atoms with Crippen LogP contribution >= 0.6 is 0 Å². The first-order valence-electron chi connectivity index (χ1n) is 7.08. The predicted octanol–water partition coefficient (Wildman–Crippen LogP) is 4.05. The number of carbonyl (C=O) groups excluding carboxylic acids is 1. The summed E-state index contributed by atoms with van der Waals surface area (Å²) in [5.41, 5.74) is 0.650. The number of fused-ring (bicyclic) bond motifs is 2. The lowest BCUT2D eigenvalue weighted by atomic mass is 9.89. The van der Waals surface area contributed by atoms with Gasteiger partial charge in [0.2, 0.25) is 0 Å². The number of ether oxygens (including phenoxy) is 1. The highest BCUT2D eigenvalue weighted by Crippen LogP contribution is 2.41. The van der Waals surface area contributed by atoms with E-state index in [1.807, 2.05) is 60.7 Å². The highest BCUT2D eigenvalue weighted by atomic mass is 16.5. The number of rotatable bonds is 2. The lowest BCUT2D eigenvalue weighted by Gasteiger charge is -2.16. The van der Waals surface area contributed by atoms with E-state index in [9.17, 15) is 15.3 Å². The van der Waals surface area contributed by atoms with Crippen molar-refractivity contribution in [3.8, 4) is 17.9 Å². The lowest BCUT2D eigenvalue weighted by Crippen LogP contribution is -2.04. The first kappa shape index (κ1) is 14.6. The maximum Gasteiger partial charge on any atom is 0.308 e. The molecule has 4 nitrogen and oxygen atoms in total. The first-order valence-corrected chi connectivity index (χ1v) is 7.08. The minimum absolute atomic E-state index is 0.412. The highest BCUT2D eigenvalue weighted by molar-refractivity contribution is 6.10. The van der Waals surface area contributed by atoms with E-state index in [1.54, 1.807) is 0 Å². The summed E-state index contributed by atoms with van der Waals surface area (Å²) in [5, 5.41) is 21.6. The van der Waals surface area contributed by atoms with Gasteiger partial charge >= 0.3 is 5.97 Å². The number of hydrogen-bond donors (Lipinski definition) is 0. The van der Waals surface area contributed by atoms with Crippen molar-refractivity contribution in [2.24, 2.45) is 0 Å². The Hall–Kier alpha value is -3.37. The van der Waals surface area contributed by atoms with Gasteiger partial charge in [-0.25, -0.2) is 0 Å². The Morgan fingerprint density at radius 2 is 1.35 bits per heavy atom. The molecule has 0 fully saturated rings. The molecule has 4 heteroatoms. The maximum atomic E-state index is 11.5. The zero-order valence-electron chi connectivity index (χ0n) is 12.4. The van der Waals surface area contributed by atoms with Gasteiger partial charge in [-0.15, -0.1) is 0 Å². The minimum atomic E-state index is -0.892. The van der Waals surface area contributed by atoms with E-state index in [2.05, 4.69) is 0 Å². The van der Waals surface area contributed by atoms with E-state index in [0.29, 0.717) is 22.1 Å². The molecule has 23 heavy (non-hydrogen) atoms. The molecule has 0 aliphatic heterocycles. The lowest BCUT2D eigenvalue weighted by molar-refractivity contribution is -0.131. The molecular weight excluding hydrogens is 288 g/mol. The molecule has 0 unspecified atom stereocenters. The Morgan fingerprint density at radius 3 is 1.74 bits per heavy atom. The van der Waals surface area contributed by atoms with Crippen LogP contribution in [-0.4, -0.2) is 5.97 Å². The van der Waals surface area contributed by atoms with E-state index in [-0.39, 0.29) is 0 Å². The van der Waals surface area contributed by atoms with Crippen molar-refractivity contribution in [3.63, 3.8) is 0 Å². The molecule has 0 bridgehead atoms. The summed E-state index contributed by atoms with van der Waals surface area (Å²) in [4.78, 5) is 11.5. The van der Waals surface area contributed by atoms with Crippen LogP contribution in [0.4, 0.5) is 0 Å². The van der Waals surface area contributed by atoms with E-state index in [4.69, 9.17) is 4.74 Å². The summed E-state index contributed by atoms with van der Waals surface area (Å²) in [7, 11) is 0. The quantitative estimate of drug-likeness (QED) is 0.406. The Morgan fingerprint density at radius 1 is 0.913 bits per heavy atom. The van der Waals surface area contributed by atoms with Crippen LogP contribution < -0.4 is 4.74 Å². The topological polar surface area (TPSA) is 73.9 Å². The number of nitriles is 2. The molecule has 0 amide bonds. The number of esters is 1. The van der Waals surface area contributed by atoms with Crippen molar-refractivity contribution in [2.45, 2.75) is 12.8 Å². The van der Waals surface area contributed by atoms with Crippen LogP contribution in [0.3, 0.4) is 0 Å². The van der Waals surface area contributed by atoms with Crippen LogP contribution in [0.1, 0.15) is 18.4 Å². The molecule has 0 heterocycles. The van der Waals surface area contributed by atoms with Crippen LogP contribution in [0.2, 0.25) is 0 Å². The highest BCUT2D eigenvalue weighted by Gasteiger charge is 2.21. The van der Waals surface area contributed by atoms with Gasteiger partial charge in [-0.2, -0.15) is 10.5 Å². The van der Waals surface area contributed by atoms with Gasteiger partial charge in [0, 0.05) is 17.7 Å². The van der Waals surface area contributed by atoms with Crippen LogP contribution in [-0.2, 0) is 4.79 Å². The summed E-state index contributed by atoms with van der Waals surface area (Å²) < 4.78 is 5.44. The van der Waals surface area contributed by atoms with E-state index in [1.165, 1.54) is 6.92 Å². The fraction of sp³-hybridized carbons (Fsp3) is 0.105. The standard InChI is InChI=1S/C19H12N2O2/c1-12(22)23-19-16-8-4-2-6-14(16)18(13(10-20)11-21)15-7-3-5-9-17(15)19/h2-9,13H,1H3. The van der Waals surface area contributed by atoms with Crippen molar-refractivity contribution in [3.05, 3.63) is 54.1 Å². The van der Waals surface area contributed by atoms with E-state index < -0.39 is 11.9 Å². The average molecular weight is 300 g/mol. The fourth-order valence-electron chi connectivity index (χ4n) is 2.84. The summed E-state index contributed by atoms with van der Waals surface area (Å²) in [5.74, 6) is -0.844. The zero-order valence-corrected chi connectivity index (χ0v) is 12.4. The van der Waals surface area contributed by atoms with Crippen LogP contribution in [0.15, 0.2) is 48.5 Å². The number of benzene rings is 3. The smallest absolute Gasteiger partial charge is 0.308 e. The molecule has 0 aliphatic carbocycles. The second-order valence-electron chi connectivity index (χ2n) is 5.12. The number of hydrogen-bond acceptors (Lipinski definition) is 4. The van der Waals surface area contributed by atoms with Crippen LogP contribution in [0.5, 0.6) is 5.75 Å². The molecule has 0 aliphatic rings. The Bertz CT molecular complexity index is 938. The van der Waals surface area contributed by atoms with Gasteiger partial charge in [-0.3, -0.25) is 4.79 Å². The largest absolute Gasteiger partial charge is 0.425 e. The molecule has 0 saturated heterocycles. The number of nitrogens with zero attached hydrogens (tertiary/aromatic N) is 2. The molecule has 3 aromatic carbocycles. The van der Waals surface area contributed by atoms with Gasteiger partial charge < -0.3 is 4.74 Å². The van der Waals surface area contributed by atoms with Crippen molar-refractivity contribution in [1.29, 1.82) is 10.5 Å². The summed E-state index contributed by atoms with van der Waals surface area (Å²) in [6, 6.07) is 18.8. The Balaban J connectivity index is 2.55. The molecule has 0 saturated carbocycles. The Kier molecular flexibility index (Phi) is 3.66. The Labute approximate surface area is 133 Å². The maximum absolute atomic E-state index is 11.5. The van der Waals surface area contributed by atoms with Gasteiger partial charge in [0.05, 0.1) is 12.1 Å². The average Bonchev–Trinajstić information content (AvgIpc) is 2.57. The minimum Gasteiger partial charge on any atom is -0.425 e. The van der Waals surface area contributed by atoms with Gasteiger partial charge in [0.25, 0.3) is 0 Å². The molecule has 3 rings (SSSR count). The second kappa shape index (κ2) is 5.79. The molecule has 0 radical (unpaired) electrons. The van der Waals surface area contributed by atoms with E-state index >= 15 is 0 Å². The molecule has 110 valence electrons. The van der Waals surface area contributed by atoms with Gasteiger partial charge in [0.15, 0.2) is 5.92 Å². The predicted molar refractivity (Wildman–Crippen MR) is 86.7 cm³/mol. The van der Waals surface area contributed by atoms with Crippen molar-refractivity contribution in [2.75, 3.05) is 0 Å². The SMILES string of the molecule is CC(=O)Oc1c2ccccc2c(C(C#N)C#N)c2ccccc12. The first-order chi connectivity index (χ1) is 11.2. The normalized spacial score (nSPS) is 10.4. The van der Waals surface area contributed by atoms with Crippen LogP contribution in [0.25, 0.3) is 21.5 Å². The monoisotopic (exact) mass is 300 g/mol. The molecule has 0 N–H and O–H groups in total. The third kappa shape index (κ3) is 2.37. The molecule has 0 atom stereocenters. The van der Waals surface area contributed by atoms with Crippen molar-refractivity contribution >= 4 is 27.5 Å². The van der Waals surface area contributed by atoms with Gasteiger partial charge in [-0.1, -0.05) is 48.5 Å². The van der Waals surface area contributed by atoms with Crippen molar-refractivity contribution in [1.82, 2.24) is 0 Å². The summed E-state index contributed by atoms with van der Waals surface area (Å²) in [6.45, 7) is 1.35. The van der Waals surface area contributed by atoms with Gasteiger partial charge in [0.1, 0.15) is 5.75 Å². The molecular formula is C19H12N2O2. The molecule has 3 aromatic rings. The third-order valence-electron chi connectivity index (χ3n) is 3.72. The summed E-state index contributed by atoms with van der Waals surface area (Å²) >= 11 is 0. The molecule has 0 aromatic heterocycles. The van der Waals surface area contributed by atoms with Gasteiger partial charge in [-0.05, 0) is 16.3 Å².